The Hall–Kier alpha value is -3.47. The van der Waals surface area contributed by atoms with Gasteiger partial charge < -0.3 is 24.9 Å². The molecule has 0 spiro atoms. The van der Waals surface area contributed by atoms with Crippen molar-refractivity contribution in [2.24, 2.45) is 5.73 Å². The monoisotopic (exact) mass is 431 g/mol. The molecule has 3 rings (SSSR count). The molecule has 0 bridgehead atoms. The van der Waals surface area contributed by atoms with Gasteiger partial charge in [-0.2, -0.15) is 0 Å². The largest absolute Gasteiger partial charge is 0.493 e. The quantitative estimate of drug-likeness (QED) is 0.461. The van der Waals surface area contributed by atoms with E-state index in [1.54, 1.807) is 38.5 Å². The zero-order valence-electron chi connectivity index (χ0n) is 16.5. The number of aromatic nitrogens is 3. The number of thioether (sulfide) groups is 1. The van der Waals surface area contributed by atoms with Gasteiger partial charge in [-0.15, -0.1) is 10.2 Å². The molecular formula is C19H21N5O5S. The highest BCUT2D eigenvalue weighted by molar-refractivity contribution is 7.99. The lowest BCUT2D eigenvalue weighted by atomic mass is 10.2. The molecule has 11 heteroatoms. The number of hydrogen-bond donors (Lipinski definition) is 2. The van der Waals surface area contributed by atoms with Gasteiger partial charge in [0.15, 0.2) is 22.4 Å². The third-order valence-corrected chi connectivity index (χ3v) is 5.01. The minimum absolute atomic E-state index is 0.0857. The Morgan fingerprint density at radius 1 is 1.20 bits per heavy atom. The van der Waals surface area contributed by atoms with Gasteiger partial charge in [0.2, 0.25) is 17.6 Å². The van der Waals surface area contributed by atoms with Crippen molar-refractivity contribution in [1.29, 1.82) is 0 Å². The second-order valence-corrected chi connectivity index (χ2v) is 7.03. The summed E-state index contributed by atoms with van der Waals surface area (Å²) >= 11 is 1.15. The van der Waals surface area contributed by atoms with Crippen LogP contribution in [0.2, 0.25) is 0 Å². The van der Waals surface area contributed by atoms with Gasteiger partial charge in [0.1, 0.15) is 6.54 Å². The first-order valence-electron chi connectivity index (χ1n) is 8.87. The Balaban J connectivity index is 1.61. The van der Waals surface area contributed by atoms with Crippen LogP contribution in [0.1, 0.15) is 5.56 Å². The van der Waals surface area contributed by atoms with Gasteiger partial charge in [0, 0.05) is 6.54 Å². The van der Waals surface area contributed by atoms with E-state index in [-0.39, 0.29) is 18.2 Å². The topological polar surface area (TPSA) is 134 Å². The lowest BCUT2D eigenvalue weighted by molar-refractivity contribution is -0.119. The van der Waals surface area contributed by atoms with E-state index in [4.69, 9.17) is 19.6 Å². The van der Waals surface area contributed by atoms with Crippen LogP contribution in [0.15, 0.2) is 46.2 Å². The minimum atomic E-state index is -0.553. The van der Waals surface area contributed by atoms with E-state index in [1.807, 2.05) is 6.07 Å². The van der Waals surface area contributed by atoms with Crippen molar-refractivity contribution in [1.82, 2.24) is 20.1 Å². The summed E-state index contributed by atoms with van der Waals surface area (Å²) in [5.74, 6) is 1.35. The summed E-state index contributed by atoms with van der Waals surface area (Å²) in [7, 11) is 3.11. The highest BCUT2D eigenvalue weighted by Gasteiger charge is 2.18. The number of amides is 2. The summed E-state index contributed by atoms with van der Waals surface area (Å²) < 4.78 is 17.3. The number of carbonyl (C=O) groups is 2. The molecule has 0 saturated carbocycles. The maximum atomic E-state index is 12.3. The number of methoxy groups -OCH3 is 2. The summed E-state index contributed by atoms with van der Waals surface area (Å²) in [6, 6.07) is 8.82. The minimum Gasteiger partial charge on any atom is -0.493 e. The molecule has 0 aliphatic rings. The van der Waals surface area contributed by atoms with Crippen molar-refractivity contribution in [2.45, 2.75) is 18.2 Å². The third-order valence-electron chi connectivity index (χ3n) is 4.04. The van der Waals surface area contributed by atoms with E-state index >= 15 is 0 Å². The molecule has 0 unspecified atom stereocenters. The third kappa shape index (κ3) is 5.11. The van der Waals surface area contributed by atoms with Crippen LogP contribution in [0.4, 0.5) is 0 Å². The SMILES string of the molecule is COc1ccc(CNC(=O)CSc2nnc(-c3ccco3)n2CC(N)=O)cc1OC. The van der Waals surface area contributed by atoms with Crippen LogP contribution in [0.5, 0.6) is 11.5 Å². The normalized spacial score (nSPS) is 10.6. The van der Waals surface area contributed by atoms with Crippen LogP contribution in [-0.4, -0.2) is 46.6 Å². The standard InChI is InChI=1S/C19H21N5O5S/c1-27-13-6-5-12(8-15(13)28-2)9-21-17(26)11-30-19-23-22-18(14-4-3-7-29-14)24(19)10-16(20)25/h3-8H,9-11H2,1-2H3,(H2,20,25)(H,21,26). The van der Waals surface area contributed by atoms with Gasteiger partial charge in [0.25, 0.3) is 0 Å². The molecule has 0 saturated heterocycles. The Labute approximate surface area is 176 Å². The maximum absolute atomic E-state index is 12.3. The highest BCUT2D eigenvalue weighted by Crippen LogP contribution is 2.27. The molecular weight excluding hydrogens is 410 g/mol. The molecule has 0 radical (unpaired) electrons. The number of primary amides is 1. The smallest absolute Gasteiger partial charge is 0.237 e. The van der Waals surface area contributed by atoms with Crippen molar-refractivity contribution < 1.29 is 23.5 Å². The van der Waals surface area contributed by atoms with Crippen LogP contribution in [0.25, 0.3) is 11.6 Å². The maximum Gasteiger partial charge on any atom is 0.237 e. The van der Waals surface area contributed by atoms with E-state index in [0.29, 0.717) is 34.8 Å². The number of nitrogens with two attached hydrogens (primary N) is 1. The highest BCUT2D eigenvalue weighted by atomic mass is 32.2. The Kier molecular flexibility index (Phi) is 6.96. The van der Waals surface area contributed by atoms with E-state index in [9.17, 15) is 9.59 Å². The molecule has 0 atom stereocenters. The molecule has 0 aliphatic heterocycles. The van der Waals surface area contributed by atoms with Gasteiger partial charge in [-0.3, -0.25) is 14.2 Å². The Morgan fingerprint density at radius 3 is 2.67 bits per heavy atom. The number of benzene rings is 1. The van der Waals surface area contributed by atoms with Crippen molar-refractivity contribution >= 4 is 23.6 Å². The number of nitrogens with one attached hydrogen (secondary N) is 1. The summed E-state index contributed by atoms with van der Waals surface area (Å²) in [6.07, 6.45) is 1.49. The molecule has 1 aromatic carbocycles. The van der Waals surface area contributed by atoms with Crippen molar-refractivity contribution in [3.63, 3.8) is 0 Å². The number of furan rings is 1. The molecule has 0 fully saturated rings. The van der Waals surface area contributed by atoms with E-state index in [2.05, 4.69) is 15.5 Å². The predicted molar refractivity (Wildman–Crippen MR) is 109 cm³/mol. The second kappa shape index (κ2) is 9.83. The summed E-state index contributed by atoms with van der Waals surface area (Å²) in [4.78, 5) is 23.7. The van der Waals surface area contributed by atoms with Crippen LogP contribution in [-0.2, 0) is 22.7 Å². The fourth-order valence-corrected chi connectivity index (χ4v) is 3.42. The fourth-order valence-electron chi connectivity index (χ4n) is 2.65. The summed E-state index contributed by atoms with van der Waals surface area (Å²) in [5.41, 5.74) is 6.20. The van der Waals surface area contributed by atoms with E-state index < -0.39 is 5.91 Å². The molecule has 2 amide bonds. The van der Waals surface area contributed by atoms with Gasteiger partial charge in [0.05, 0.1) is 26.2 Å². The lowest BCUT2D eigenvalue weighted by Gasteiger charge is -2.10. The van der Waals surface area contributed by atoms with Gasteiger partial charge >= 0.3 is 0 Å². The van der Waals surface area contributed by atoms with Crippen molar-refractivity contribution in [3.05, 3.63) is 42.2 Å². The summed E-state index contributed by atoms with van der Waals surface area (Å²) in [5, 5.41) is 11.3. The number of nitrogens with zero attached hydrogens (tertiary/aromatic N) is 3. The molecule has 2 heterocycles. The van der Waals surface area contributed by atoms with Crippen LogP contribution in [0.3, 0.4) is 0 Å². The van der Waals surface area contributed by atoms with E-state index in [0.717, 1.165) is 17.3 Å². The van der Waals surface area contributed by atoms with E-state index in [1.165, 1.54) is 10.8 Å². The summed E-state index contributed by atoms with van der Waals surface area (Å²) in [6.45, 7) is 0.198. The predicted octanol–water partition coefficient (Wildman–Crippen LogP) is 1.45. The van der Waals surface area contributed by atoms with Gasteiger partial charge in [-0.05, 0) is 29.8 Å². The van der Waals surface area contributed by atoms with Crippen LogP contribution in [0, 0.1) is 0 Å². The number of rotatable bonds is 10. The molecule has 3 aromatic rings. The second-order valence-electron chi connectivity index (χ2n) is 6.09. The first-order valence-corrected chi connectivity index (χ1v) is 9.86. The van der Waals surface area contributed by atoms with Crippen molar-refractivity contribution in [2.75, 3.05) is 20.0 Å². The van der Waals surface area contributed by atoms with Crippen LogP contribution < -0.4 is 20.5 Å². The number of carbonyl (C=O) groups excluding carboxylic acids is 2. The number of ether oxygens (including phenoxy) is 2. The zero-order chi connectivity index (χ0) is 21.5. The average molecular weight is 431 g/mol. The molecule has 10 nitrogen and oxygen atoms in total. The Morgan fingerprint density at radius 2 is 2.00 bits per heavy atom. The molecule has 158 valence electrons. The first kappa shape index (κ1) is 21.2. The van der Waals surface area contributed by atoms with Crippen molar-refractivity contribution in [3.8, 4) is 23.1 Å². The van der Waals surface area contributed by atoms with Gasteiger partial charge in [-0.1, -0.05) is 17.8 Å². The molecule has 0 aliphatic carbocycles. The molecule has 3 N–H and O–H groups in total. The molecule has 2 aromatic heterocycles. The first-order chi connectivity index (χ1) is 14.5. The lowest BCUT2D eigenvalue weighted by Crippen LogP contribution is -2.25. The molecule has 30 heavy (non-hydrogen) atoms. The fraction of sp³-hybridized carbons (Fsp3) is 0.263. The zero-order valence-corrected chi connectivity index (χ0v) is 17.3. The van der Waals surface area contributed by atoms with Crippen LogP contribution >= 0.6 is 11.8 Å². The average Bonchev–Trinajstić information content (AvgIpc) is 3.40. The number of hydrogen-bond acceptors (Lipinski definition) is 8. The van der Waals surface area contributed by atoms with Gasteiger partial charge in [-0.25, -0.2) is 0 Å². The Bertz CT molecular complexity index is 1020.